The van der Waals surface area contributed by atoms with Crippen LogP contribution in [0.15, 0.2) is 0 Å². The first-order valence-electron chi connectivity index (χ1n) is 7.11. The molecule has 1 heterocycles. The zero-order valence-electron chi connectivity index (χ0n) is 11.2. The highest BCUT2D eigenvalue weighted by Crippen LogP contribution is 2.35. The summed E-state index contributed by atoms with van der Waals surface area (Å²) in [5.41, 5.74) is 0.386. The second kappa shape index (κ2) is 5.94. The minimum absolute atomic E-state index is 0.125. The van der Waals surface area contributed by atoms with Crippen molar-refractivity contribution in [3.8, 4) is 0 Å². The highest BCUT2D eigenvalue weighted by atomic mass is 32.2. The van der Waals surface area contributed by atoms with Gasteiger partial charge in [-0.05, 0) is 30.4 Å². The van der Waals surface area contributed by atoms with Gasteiger partial charge in [0.25, 0.3) is 0 Å². The Kier molecular flexibility index (Phi) is 4.79. The molecule has 2 rings (SSSR count). The lowest BCUT2D eigenvalue weighted by Crippen LogP contribution is -2.53. The van der Waals surface area contributed by atoms with Gasteiger partial charge in [-0.1, -0.05) is 33.1 Å². The number of thioether (sulfide) groups is 1. The van der Waals surface area contributed by atoms with Crippen LogP contribution in [0, 0.1) is 5.41 Å². The summed E-state index contributed by atoms with van der Waals surface area (Å²) in [6.07, 6.45) is 7.06. The zero-order chi connectivity index (χ0) is 12.3. The van der Waals surface area contributed by atoms with Crippen LogP contribution in [0.2, 0.25) is 0 Å². The van der Waals surface area contributed by atoms with Crippen molar-refractivity contribution in [2.45, 2.75) is 70.6 Å². The van der Waals surface area contributed by atoms with E-state index in [1.165, 1.54) is 37.2 Å². The van der Waals surface area contributed by atoms with Crippen LogP contribution in [0.25, 0.3) is 0 Å². The summed E-state index contributed by atoms with van der Waals surface area (Å²) < 4.78 is 0. The summed E-state index contributed by atoms with van der Waals surface area (Å²) in [5, 5.41) is 13.9. The highest BCUT2D eigenvalue weighted by molar-refractivity contribution is 7.99. The van der Waals surface area contributed by atoms with E-state index in [1.807, 2.05) is 0 Å². The highest BCUT2D eigenvalue weighted by Gasteiger charge is 2.35. The molecule has 0 spiro atoms. The first-order chi connectivity index (χ1) is 8.09. The van der Waals surface area contributed by atoms with E-state index in [9.17, 15) is 5.11 Å². The summed E-state index contributed by atoms with van der Waals surface area (Å²) in [6, 6.07) is 0.902. The average molecular weight is 257 g/mol. The molecule has 0 aromatic carbocycles. The van der Waals surface area contributed by atoms with Gasteiger partial charge in [-0.15, -0.1) is 0 Å². The molecule has 100 valence electrons. The maximum Gasteiger partial charge on any atom is 0.0693 e. The van der Waals surface area contributed by atoms with Gasteiger partial charge in [0.2, 0.25) is 0 Å². The molecule has 0 radical (unpaired) electrons. The van der Waals surface area contributed by atoms with Crippen molar-refractivity contribution in [1.29, 1.82) is 0 Å². The third kappa shape index (κ3) is 3.62. The van der Waals surface area contributed by atoms with Crippen LogP contribution in [0.5, 0.6) is 0 Å². The zero-order valence-corrected chi connectivity index (χ0v) is 12.1. The van der Waals surface area contributed by atoms with Crippen LogP contribution < -0.4 is 5.32 Å². The SMILES string of the molecule is CC1(C)CCSCC1NC1CCCCCC1O. The molecule has 17 heavy (non-hydrogen) atoms. The molecule has 0 aromatic heterocycles. The Labute approximate surface area is 110 Å². The molecule has 1 aliphatic heterocycles. The fourth-order valence-electron chi connectivity index (χ4n) is 2.95. The monoisotopic (exact) mass is 257 g/mol. The Morgan fingerprint density at radius 3 is 2.71 bits per heavy atom. The smallest absolute Gasteiger partial charge is 0.0693 e. The van der Waals surface area contributed by atoms with Crippen molar-refractivity contribution in [1.82, 2.24) is 5.32 Å². The predicted molar refractivity (Wildman–Crippen MR) is 75.5 cm³/mol. The molecule has 2 N–H and O–H groups in total. The largest absolute Gasteiger partial charge is 0.392 e. The molecule has 1 saturated carbocycles. The van der Waals surface area contributed by atoms with Crippen LogP contribution in [-0.2, 0) is 0 Å². The molecule has 0 bridgehead atoms. The second-order valence-electron chi connectivity index (χ2n) is 6.34. The number of hydrogen-bond donors (Lipinski definition) is 2. The standard InChI is InChI=1S/C14H27NOS/c1-14(2)8-9-17-10-13(14)15-11-6-4-3-5-7-12(11)16/h11-13,15-16H,3-10H2,1-2H3. The van der Waals surface area contributed by atoms with Gasteiger partial charge >= 0.3 is 0 Å². The normalized spacial score (nSPS) is 38.6. The molecular weight excluding hydrogens is 230 g/mol. The third-order valence-electron chi connectivity index (χ3n) is 4.51. The number of aliphatic hydroxyl groups is 1. The Morgan fingerprint density at radius 1 is 1.18 bits per heavy atom. The Balaban J connectivity index is 1.93. The number of hydrogen-bond acceptors (Lipinski definition) is 3. The minimum atomic E-state index is -0.125. The lowest BCUT2D eigenvalue weighted by Gasteiger charge is -2.41. The van der Waals surface area contributed by atoms with Crippen molar-refractivity contribution in [3.63, 3.8) is 0 Å². The van der Waals surface area contributed by atoms with Crippen LogP contribution in [-0.4, -0.2) is 34.8 Å². The Hall–Kier alpha value is 0.270. The Bertz CT molecular complexity index is 244. The molecule has 3 atom stereocenters. The van der Waals surface area contributed by atoms with Crippen LogP contribution in [0.4, 0.5) is 0 Å². The lowest BCUT2D eigenvalue weighted by atomic mass is 9.81. The molecule has 1 aliphatic carbocycles. The van der Waals surface area contributed by atoms with Gasteiger partial charge in [-0.25, -0.2) is 0 Å². The van der Waals surface area contributed by atoms with Crippen LogP contribution in [0.3, 0.4) is 0 Å². The maximum atomic E-state index is 10.2. The van der Waals surface area contributed by atoms with Gasteiger partial charge in [-0.3, -0.25) is 0 Å². The molecule has 2 aliphatic rings. The second-order valence-corrected chi connectivity index (χ2v) is 7.49. The van der Waals surface area contributed by atoms with Gasteiger partial charge < -0.3 is 10.4 Å². The number of aliphatic hydroxyl groups excluding tert-OH is 1. The topological polar surface area (TPSA) is 32.3 Å². The lowest BCUT2D eigenvalue weighted by molar-refractivity contribution is 0.0991. The molecule has 3 unspecified atom stereocenters. The third-order valence-corrected chi connectivity index (χ3v) is 5.58. The fraction of sp³-hybridized carbons (Fsp3) is 1.00. The van der Waals surface area contributed by atoms with E-state index >= 15 is 0 Å². The van der Waals surface area contributed by atoms with E-state index in [0.717, 1.165) is 12.8 Å². The molecule has 2 nitrogen and oxygen atoms in total. The van der Waals surface area contributed by atoms with Crippen molar-refractivity contribution in [2.24, 2.45) is 5.41 Å². The number of nitrogens with one attached hydrogen (secondary N) is 1. The molecule has 1 saturated heterocycles. The summed E-state index contributed by atoms with van der Waals surface area (Å²) in [6.45, 7) is 4.74. The summed E-state index contributed by atoms with van der Waals surface area (Å²) in [5.74, 6) is 2.49. The Morgan fingerprint density at radius 2 is 1.94 bits per heavy atom. The quantitative estimate of drug-likeness (QED) is 0.746. The summed E-state index contributed by atoms with van der Waals surface area (Å²) in [7, 11) is 0. The van der Waals surface area contributed by atoms with E-state index in [2.05, 4.69) is 30.9 Å². The van der Waals surface area contributed by atoms with Gasteiger partial charge in [0.15, 0.2) is 0 Å². The molecular formula is C14H27NOS. The van der Waals surface area contributed by atoms with Crippen molar-refractivity contribution in [3.05, 3.63) is 0 Å². The van der Waals surface area contributed by atoms with E-state index in [-0.39, 0.29) is 6.10 Å². The van der Waals surface area contributed by atoms with E-state index in [0.29, 0.717) is 17.5 Å². The van der Waals surface area contributed by atoms with E-state index in [1.54, 1.807) is 0 Å². The number of rotatable bonds is 2. The summed E-state index contributed by atoms with van der Waals surface area (Å²) >= 11 is 2.06. The molecule has 0 aromatic rings. The van der Waals surface area contributed by atoms with Gasteiger partial charge in [0.05, 0.1) is 6.10 Å². The summed E-state index contributed by atoms with van der Waals surface area (Å²) in [4.78, 5) is 0. The average Bonchev–Trinajstić information content (AvgIpc) is 2.47. The predicted octanol–water partition coefficient (Wildman–Crippen LogP) is 2.80. The molecule has 2 fully saturated rings. The molecule has 0 amide bonds. The van der Waals surface area contributed by atoms with Crippen molar-refractivity contribution >= 4 is 11.8 Å². The van der Waals surface area contributed by atoms with E-state index < -0.39 is 0 Å². The van der Waals surface area contributed by atoms with Crippen molar-refractivity contribution in [2.75, 3.05) is 11.5 Å². The molecule has 3 heteroatoms. The van der Waals surface area contributed by atoms with Gasteiger partial charge in [-0.2, -0.15) is 11.8 Å². The van der Waals surface area contributed by atoms with Crippen molar-refractivity contribution < 1.29 is 5.11 Å². The first-order valence-corrected chi connectivity index (χ1v) is 8.27. The van der Waals surface area contributed by atoms with Gasteiger partial charge in [0, 0.05) is 17.8 Å². The first kappa shape index (κ1) is 13.7. The van der Waals surface area contributed by atoms with Crippen LogP contribution in [0.1, 0.15) is 52.4 Å². The van der Waals surface area contributed by atoms with Gasteiger partial charge in [0.1, 0.15) is 0 Å². The minimum Gasteiger partial charge on any atom is -0.392 e. The fourth-order valence-corrected chi connectivity index (χ4v) is 4.57. The van der Waals surface area contributed by atoms with E-state index in [4.69, 9.17) is 0 Å². The van der Waals surface area contributed by atoms with Crippen LogP contribution >= 0.6 is 11.8 Å². The maximum absolute atomic E-state index is 10.2.